The number of fused-ring (bicyclic) bond motifs is 1. The minimum absolute atomic E-state index is 0.0782. The van der Waals surface area contributed by atoms with Gasteiger partial charge in [-0.25, -0.2) is 9.07 Å². The zero-order chi connectivity index (χ0) is 16.4. The molecule has 1 amide bonds. The van der Waals surface area contributed by atoms with Gasteiger partial charge < -0.3 is 5.32 Å². The fraction of sp³-hybridized carbons (Fsp3) is 0.118. The number of rotatable bonds is 3. The highest BCUT2D eigenvalue weighted by atomic mass is 19.1. The van der Waals surface area contributed by atoms with Gasteiger partial charge in [0.05, 0.1) is 17.3 Å². The van der Waals surface area contributed by atoms with Crippen molar-refractivity contribution in [1.82, 2.24) is 9.78 Å². The lowest BCUT2D eigenvalue weighted by molar-refractivity contribution is -0.117. The van der Waals surface area contributed by atoms with Crippen LogP contribution >= 0.6 is 0 Å². The second kappa shape index (κ2) is 6.00. The Bertz CT molecular complexity index is 950. The van der Waals surface area contributed by atoms with Gasteiger partial charge in [-0.1, -0.05) is 24.3 Å². The normalized spacial score (nSPS) is 10.7. The standard InChI is InChI=1S/C17H14FN3O2/c1-11-6-7-15(14(18)8-11)20-16(22)10-21-17(23)13-5-3-2-4-12(13)9-19-21/h2-9H,10H2,1H3,(H,20,22). The summed E-state index contributed by atoms with van der Waals surface area (Å²) >= 11 is 0. The average Bonchev–Trinajstić information content (AvgIpc) is 2.53. The Kier molecular flexibility index (Phi) is 3.89. The summed E-state index contributed by atoms with van der Waals surface area (Å²) in [5, 5.41) is 7.61. The average molecular weight is 311 g/mol. The highest BCUT2D eigenvalue weighted by molar-refractivity contribution is 5.91. The van der Waals surface area contributed by atoms with Crippen molar-refractivity contribution in [1.29, 1.82) is 0 Å². The number of nitrogens with zero attached hydrogens (tertiary/aromatic N) is 2. The van der Waals surface area contributed by atoms with E-state index in [9.17, 15) is 14.0 Å². The molecule has 0 saturated heterocycles. The SMILES string of the molecule is Cc1ccc(NC(=O)Cn2ncc3ccccc3c2=O)c(F)c1. The first-order valence-corrected chi connectivity index (χ1v) is 7.05. The van der Waals surface area contributed by atoms with E-state index in [-0.39, 0.29) is 17.8 Å². The summed E-state index contributed by atoms with van der Waals surface area (Å²) in [5.41, 5.74) is 0.477. The van der Waals surface area contributed by atoms with Gasteiger partial charge in [-0.15, -0.1) is 0 Å². The number of halogens is 1. The van der Waals surface area contributed by atoms with Crippen LogP contribution in [0.5, 0.6) is 0 Å². The zero-order valence-electron chi connectivity index (χ0n) is 12.4. The van der Waals surface area contributed by atoms with Crippen LogP contribution in [0.1, 0.15) is 5.56 Å². The molecule has 23 heavy (non-hydrogen) atoms. The summed E-state index contributed by atoms with van der Waals surface area (Å²) in [7, 11) is 0. The number of aromatic nitrogens is 2. The Balaban J connectivity index is 1.83. The molecule has 0 atom stereocenters. The van der Waals surface area contributed by atoms with E-state index in [0.717, 1.165) is 10.2 Å². The Morgan fingerprint density at radius 1 is 1.26 bits per heavy atom. The predicted molar refractivity (Wildman–Crippen MR) is 85.8 cm³/mol. The summed E-state index contributed by atoms with van der Waals surface area (Å²) in [6.07, 6.45) is 1.52. The van der Waals surface area contributed by atoms with Gasteiger partial charge in [-0.2, -0.15) is 5.10 Å². The van der Waals surface area contributed by atoms with E-state index in [1.165, 1.54) is 18.3 Å². The molecule has 1 heterocycles. The third-order valence-electron chi connectivity index (χ3n) is 3.45. The third-order valence-corrected chi connectivity index (χ3v) is 3.45. The van der Waals surface area contributed by atoms with Gasteiger partial charge in [0.1, 0.15) is 12.4 Å². The molecular formula is C17H14FN3O2. The second-order valence-electron chi connectivity index (χ2n) is 5.23. The molecule has 0 aliphatic heterocycles. The third kappa shape index (κ3) is 3.11. The smallest absolute Gasteiger partial charge is 0.275 e. The predicted octanol–water partition coefficient (Wildman–Crippen LogP) is 2.48. The molecule has 0 bridgehead atoms. The van der Waals surface area contributed by atoms with Crippen LogP contribution in [0.3, 0.4) is 0 Å². The van der Waals surface area contributed by atoms with Crippen molar-refractivity contribution >= 4 is 22.4 Å². The van der Waals surface area contributed by atoms with E-state index in [4.69, 9.17) is 0 Å². The van der Waals surface area contributed by atoms with Crippen molar-refractivity contribution in [3.63, 3.8) is 0 Å². The number of carbonyl (C=O) groups is 1. The number of benzene rings is 2. The Labute approximate surface area is 131 Å². The first-order valence-electron chi connectivity index (χ1n) is 7.05. The van der Waals surface area contributed by atoms with E-state index < -0.39 is 11.7 Å². The maximum absolute atomic E-state index is 13.7. The Morgan fingerprint density at radius 2 is 2.04 bits per heavy atom. The molecule has 3 rings (SSSR count). The quantitative estimate of drug-likeness (QED) is 0.808. The first kappa shape index (κ1) is 14.9. The van der Waals surface area contributed by atoms with E-state index in [1.54, 1.807) is 37.3 Å². The van der Waals surface area contributed by atoms with Crippen LogP contribution in [0.4, 0.5) is 10.1 Å². The Morgan fingerprint density at radius 3 is 2.83 bits per heavy atom. The lowest BCUT2D eigenvalue weighted by Gasteiger charge is -2.08. The van der Waals surface area contributed by atoms with Crippen LogP contribution in [0, 0.1) is 12.7 Å². The summed E-state index contributed by atoms with van der Waals surface area (Å²) < 4.78 is 14.8. The van der Waals surface area contributed by atoms with Crippen LogP contribution in [-0.2, 0) is 11.3 Å². The van der Waals surface area contributed by atoms with Crippen molar-refractivity contribution in [2.24, 2.45) is 0 Å². The minimum Gasteiger partial charge on any atom is -0.322 e. The minimum atomic E-state index is -0.517. The van der Waals surface area contributed by atoms with Gasteiger partial charge >= 0.3 is 0 Å². The summed E-state index contributed by atoms with van der Waals surface area (Å²) in [6, 6.07) is 11.5. The molecule has 0 spiro atoms. The fourth-order valence-corrected chi connectivity index (χ4v) is 2.29. The van der Waals surface area contributed by atoms with E-state index in [2.05, 4.69) is 10.4 Å². The first-order chi connectivity index (χ1) is 11.0. The number of aryl methyl sites for hydroxylation is 1. The molecule has 1 aromatic heterocycles. The van der Waals surface area contributed by atoms with E-state index in [1.807, 2.05) is 0 Å². The number of anilines is 1. The van der Waals surface area contributed by atoms with Crippen molar-refractivity contribution in [2.75, 3.05) is 5.32 Å². The molecule has 0 fully saturated rings. The van der Waals surface area contributed by atoms with Crippen LogP contribution in [0.2, 0.25) is 0 Å². The number of carbonyl (C=O) groups excluding carboxylic acids is 1. The van der Waals surface area contributed by atoms with E-state index >= 15 is 0 Å². The molecule has 1 N–H and O–H groups in total. The monoisotopic (exact) mass is 311 g/mol. The highest BCUT2D eigenvalue weighted by Gasteiger charge is 2.10. The number of hydrogen-bond donors (Lipinski definition) is 1. The van der Waals surface area contributed by atoms with Gasteiger partial charge in [0.15, 0.2) is 0 Å². The van der Waals surface area contributed by atoms with Crippen LogP contribution in [0.25, 0.3) is 10.8 Å². The molecule has 0 saturated carbocycles. The molecule has 6 heteroatoms. The summed E-state index contributed by atoms with van der Waals surface area (Å²) in [4.78, 5) is 24.3. The van der Waals surface area contributed by atoms with Gasteiger partial charge in [-0.05, 0) is 30.7 Å². The van der Waals surface area contributed by atoms with Crippen LogP contribution < -0.4 is 10.9 Å². The van der Waals surface area contributed by atoms with Crippen LogP contribution in [-0.4, -0.2) is 15.7 Å². The molecule has 3 aromatic rings. The second-order valence-corrected chi connectivity index (χ2v) is 5.23. The van der Waals surface area contributed by atoms with Gasteiger partial charge in [-0.3, -0.25) is 9.59 Å². The molecule has 0 radical (unpaired) electrons. The lowest BCUT2D eigenvalue weighted by atomic mass is 10.2. The topological polar surface area (TPSA) is 64.0 Å². The molecule has 0 aliphatic rings. The molecule has 0 unspecified atom stereocenters. The fourth-order valence-electron chi connectivity index (χ4n) is 2.29. The van der Waals surface area contributed by atoms with Crippen molar-refractivity contribution in [2.45, 2.75) is 13.5 Å². The molecule has 116 valence electrons. The largest absolute Gasteiger partial charge is 0.322 e. The van der Waals surface area contributed by atoms with Gasteiger partial charge in [0, 0.05) is 5.39 Å². The number of hydrogen-bond acceptors (Lipinski definition) is 3. The van der Waals surface area contributed by atoms with Crippen molar-refractivity contribution in [3.05, 3.63) is 70.4 Å². The molecule has 0 aliphatic carbocycles. The maximum Gasteiger partial charge on any atom is 0.275 e. The highest BCUT2D eigenvalue weighted by Crippen LogP contribution is 2.15. The molecular weight excluding hydrogens is 297 g/mol. The maximum atomic E-state index is 13.7. The number of nitrogens with one attached hydrogen (secondary N) is 1. The van der Waals surface area contributed by atoms with Gasteiger partial charge in [0.25, 0.3) is 5.56 Å². The van der Waals surface area contributed by atoms with Crippen molar-refractivity contribution < 1.29 is 9.18 Å². The van der Waals surface area contributed by atoms with Crippen molar-refractivity contribution in [3.8, 4) is 0 Å². The number of amides is 1. The summed E-state index contributed by atoms with van der Waals surface area (Å²) in [6.45, 7) is 1.48. The Hall–Kier alpha value is -3.02. The molecule has 2 aromatic carbocycles. The summed E-state index contributed by atoms with van der Waals surface area (Å²) in [5.74, 6) is -1.03. The van der Waals surface area contributed by atoms with E-state index in [0.29, 0.717) is 10.8 Å². The zero-order valence-corrected chi connectivity index (χ0v) is 12.4. The lowest BCUT2D eigenvalue weighted by Crippen LogP contribution is -2.29. The molecule has 5 nitrogen and oxygen atoms in total. The van der Waals surface area contributed by atoms with Gasteiger partial charge in [0.2, 0.25) is 5.91 Å². The van der Waals surface area contributed by atoms with Crippen LogP contribution in [0.15, 0.2) is 53.5 Å².